The number of hydrogen-bond acceptors (Lipinski definition) is 2. The van der Waals surface area contributed by atoms with Crippen LogP contribution in [0.2, 0.25) is 0 Å². The summed E-state index contributed by atoms with van der Waals surface area (Å²) >= 11 is 4.02. The number of alkyl halides is 1. The van der Waals surface area contributed by atoms with Gasteiger partial charge in [0.2, 0.25) is 5.91 Å². The van der Waals surface area contributed by atoms with Crippen molar-refractivity contribution in [2.75, 3.05) is 5.32 Å². The molecule has 4 fully saturated rings. The van der Waals surface area contributed by atoms with E-state index < -0.39 is 0 Å². The molecule has 0 spiro atoms. The molecule has 1 aromatic carbocycles. The highest BCUT2D eigenvalue weighted by Crippen LogP contribution is 2.65. The van der Waals surface area contributed by atoms with Crippen molar-refractivity contribution >= 4 is 33.4 Å². The van der Waals surface area contributed by atoms with Crippen molar-refractivity contribution in [3.63, 3.8) is 0 Å². The summed E-state index contributed by atoms with van der Waals surface area (Å²) in [7, 11) is 0. The molecule has 4 saturated carbocycles. The maximum atomic E-state index is 12.9. The number of hydrogen-bond donors (Lipinski definition) is 2. The maximum Gasteiger partial charge on any atom is 0.253 e. The van der Waals surface area contributed by atoms with Gasteiger partial charge in [0.15, 0.2) is 0 Å². The molecule has 2 amide bonds. The van der Waals surface area contributed by atoms with E-state index in [9.17, 15) is 9.59 Å². The van der Waals surface area contributed by atoms with Gasteiger partial charge in [-0.3, -0.25) is 9.59 Å². The molecule has 0 saturated heterocycles. The Morgan fingerprint density at radius 1 is 1.15 bits per heavy atom. The zero-order chi connectivity index (χ0) is 19.2. The number of anilines is 1. The van der Waals surface area contributed by atoms with Gasteiger partial charge >= 0.3 is 0 Å². The average molecular weight is 433 g/mol. The van der Waals surface area contributed by atoms with Crippen molar-refractivity contribution in [1.82, 2.24) is 5.32 Å². The lowest BCUT2D eigenvalue weighted by Crippen LogP contribution is -2.53. The normalized spacial score (nSPS) is 33.9. The zero-order valence-electron chi connectivity index (χ0n) is 16.2. The molecule has 5 rings (SSSR count). The van der Waals surface area contributed by atoms with Crippen molar-refractivity contribution in [1.29, 1.82) is 0 Å². The fraction of sp³-hybridized carbons (Fsp3) is 0.636. The van der Waals surface area contributed by atoms with Crippen LogP contribution in [0.5, 0.6) is 0 Å². The van der Waals surface area contributed by atoms with Crippen LogP contribution in [0.25, 0.3) is 0 Å². The Labute approximate surface area is 170 Å². The van der Waals surface area contributed by atoms with Gasteiger partial charge in [-0.25, -0.2) is 0 Å². The summed E-state index contributed by atoms with van der Waals surface area (Å²) in [5.41, 5.74) is 1.27. The summed E-state index contributed by atoms with van der Waals surface area (Å²) in [6.07, 6.45) is 7.91. The summed E-state index contributed by atoms with van der Waals surface area (Å²) in [4.78, 5) is 25.4. The van der Waals surface area contributed by atoms with Gasteiger partial charge in [0.1, 0.15) is 0 Å². The summed E-state index contributed by atoms with van der Waals surface area (Å²) in [5.74, 6) is 1.43. The minimum Gasteiger partial charge on any atom is -0.350 e. The van der Waals surface area contributed by atoms with E-state index in [1.165, 1.54) is 32.1 Å². The Morgan fingerprint density at radius 3 is 2.44 bits per heavy atom. The van der Waals surface area contributed by atoms with Crippen molar-refractivity contribution in [3.05, 3.63) is 29.8 Å². The Kier molecular flexibility index (Phi) is 4.86. The molecule has 2 atom stereocenters. The third kappa shape index (κ3) is 3.94. The van der Waals surface area contributed by atoms with Crippen LogP contribution in [0.15, 0.2) is 24.3 Å². The minimum absolute atomic E-state index is 0.0397. The van der Waals surface area contributed by atoms with E-state index in [4.69, 9.17) is 0 Å². The molecule has 4 nitrogen and oxygen atoms in total. The van der Waals surface area contributed by atoms with Gasteiger partial charge in [0.25, 0.3) is 5.91 Å². The first-order valence-electron chi connectivity index (χ1n) is 10.1. The fourth-order valence-corrected chi connectivity index (χ4v) is 7.72. The minimum atomic E-state index is -0.143. The van der Waals surface area contributed by atoms with Gasteiger partial charge < -0.3 is 10.6 Å². The topological polar surface area (TPSA) is 58.2 Å². The molecule has 5 heteroatoms. The molecule has 4 aliphatic carbocycles. The summed E-state index contributed by atoms with van der Waals surface area (Å²) in [5, 5.41) is 5.94. The van der Waals surface area contributed by atoms with Crippen LogP contribution in [0.1, 0.15) is 69.2 Å². The highest BCUT2D eigenvalue weighted by molar-refractivity contribution is 9.10. The molecular formula is C22H29BrN2O2. The van der Waals surface area contributed by atoms with Crippen molar-refractivity contribution < 1.29 is 9.59 Å². The molecule has 4 bridgehead atoms. The van der Waals surface area contributed by atoms with E-state index in [1.807, 2.05) is 32.0 Å². The second-order valence-electron chi connectivity index (χ2n) is 9.51. The Morgan fingerprint density at radius 2 is 1.81 bits per heavy atom. The average Bonchev–Trinajstić information content (AvgIpc) is 2.51. The van der Waals surface area contributed by atoms with E-state index in [2.05, 4.69) is 26.6 Å². The van der Waals surface area contributed by atoms with Gasteiger partial charge in [-0.15, -0.1) is 0 Å². The molecule has 2 N–H and O–H groups in total. The Bertz CT molecular complexity index is 746. The highest BCUT2D eigenvalue weighted by Gasteiger charge is 2.57. The molecular weight excluding hydrogens is 404 g/mol. The van der Waals surface area contributed by atoms with E-state index in [0.717, 1.165) is 18.3 Å². The second-order valence-corrected chi connectivity index (χ2v) is 11.2. The van der Waals surface area contributed by atoms with Gasteiger partial charge in [0.05, 0.1) is 11.3 Å². The third-order valence-electron chi connectivity index (χ3n) is 6.51. The lowest BCUT2D eigenvalue weighted by molar-refractivity contribution is -0.123. The smallest absolute Gasteiger partial charge is 0.253 e. The first-order chi connectivity index (χ1) is 12.8. The number of benzene rings is 1. The molecule has 4 aliphatic rings. The Balaban J connectivity index is 1.47. The van der Waals surface area contributed by atoms with Crippen LogP contribution in [0.4, 0.5) is 5.69 Å². The number of para-hydroxylation sites is 1. The predicted octanol–water partition coefficient (Wildman–Crippen LogP) is 4.89. The van der Waals surface area contributed by atoms with Crippen LogP contribution in [-0.2, 0) is 4.79 Å². The van der Waals surface area contributed by atoms with E-state index in [1.54, 1.807) is 6.07 Å². The molecule has 27 heavy (non-hydrogen) atoms. The van der Waals surface area contributed by atoms with Gasteiger partial charge in [-0.2, -0.15) is 0 Å². The largest absolute Gasteiger partial charge is 0.350 e. The second kappa shape index (κ2) is 6.91. The first-order valence-corrected chi connectivity index (χ1v) is 10.9. The lowest BCUT2D eigenvalue weighted by atomic mass is 9.48. The third-order valence-corrected chi connectivity index (χ3v) is 7.44. The van der Waals surface area contributed by atoms with Gasteiger partial charge in [-0.1, -0.05) is 28.1 Å². The molecule has 2 unspecified atom stereocenters. The van der Waals surface area contributed by atoms with Crippen molar-refractivity contribution in [2.24, 2.45) is 17.3 Å². The van der Waals surface area contributed by atoms with E-state index in [-0.39, 0.29) is 27.6 Å². The molecule has 146 valence electrons. The summed E-state index contributed by atoms with van der Waals surface area (Å²) in [6.45, 7) is 3.87. The standard InChI is InChI=1S/C22H29BrN2O2/c1-14(2)24-20(27)17-5-3-4-6-18(17)25-19(26)12-21-8-15-7-16(9-21)11-22(23,10-15)13-21/h3-6,14-16H,7-13H2,1-2H3,(H,24,27)(H,25,26). The van der Waals surface area contributed by atoms with Crippen LogP contribution >= 0.6 is 15.9 Å². The Hall–Kier alpha value is -1.36. The van der Waals surface area contributed by atoms with Crippen molar-refractivity contribution in [3.8, 4) is 0 Å². The molecule has 0 aliphatic heterocycles. The quantitative estimate of drug-likeness (QED) is 0.650. The maximum absolute atomic E-state index is 12.9. The molecule has 0 heterocycles. The number of nitrogens with one attached hydrogen (secondary N) is 2. The van der Waals surface area contributed by atoms with E-state index in [0.29, 0.717) is 17.7 Å². The summed E-state index contributed by atoms with van der Waals surface area (Å²) < 4.78 is 0.256. The van der Waals surface area contributed by atoms with E-state index >= 15 is 0 Å². The lowest BCUT2D eigenvalue weighted by Gasteiger charge is -2.60. The van der Waals surface area contributed by atoms with Crippen LogP contribution in [0.3, 0.4) is 0 Å². The summed E-state index contributed by atoms with van der Waals surface area (Å²) in [6, 6.07) is 7.34. The predicted molar refractivity (Wildman–Crippen MR) is 111 cm³/mol. The van der Waals surface area contributed by atoms with Crippen LogP contribution in [-0.4, -0.2) is 22.2 Å². The van der Waals surface area contributed by atoms with Crippen molar-refractivity contribution in [2.45, 2.75) is 69.2 Å². The van der Waals surface area contributed by atoms with Gasteiger partial charge in [0, 0.05) is 16.8 Å². The number of carbonyl (C=O) groups excluding carboxylic acids is 2. The SMILES string of the molecule is CC(C)NC(=O)c1ccccc1NC(=O)CC12CC3CC(CC(Br)(C3)C1)C2. The van der Waals surface area contributed by atoms with Crippen LogP contribution < -0.4 is 10.6 Å². The number of amides is 2. The molecule has 1 aromatic rings. The zero-order valence-corrected chi connectivity index (χ0v) is 17.8. The first kappa shape index (κ1) is 19.0. The number of halogens is 1. The number of rotatable bonds is 5. The van der Waals surface area contributed by atoms with Gasteiger partial charge in [-0.05, 0) is 81.8 Å². The molecule has 0 radical (unpaired) electrons. The highest BCUT2D eigenvalue weighted by atomic mass is 79.9. The van der Waals surface area contributed by atoms with Crippen LogP contribution in [0, 0.1) is 17.3 Å². The fourth-order valence-electron chi connectivity index (χ4n) is 6.21. The number of carbonyl (C=O) groups is 2. The molecule has 0 aromatic heterocycles. The monoisotopic (exact) mass is 432 g/mol.